The van der Waals surface area contributed by atoms with Gasteiger partial charge in [0, 0.05) is 16.3 Å². The van der Waals surface area contributed by atoms with Crippen molar-refractivity contribution in [1.29, 1.82) is 0 Å². The Labute approximate surface area is 203 Å². The van der Waals surface area contributed by atoms with Crippen LogP contribution in [0, 0.1) is 6.92 Å². The zero-order valence-electron chi connectivity index (χ0n) is 18.6. The van der Waals surface area contributed by atoms with Gasteiger partial charge in [-0.3, -0.25) is 19.1 Å². The summed E-state index contributed by atoms with van der Waals surface area (Å²) >= 11 is 6.25. The first kappa shape index (κ1) is 23.5. The van der Waals surface area contributed by atoms with Gasteiger partial charge in [-0.25, -0.2) is 8.42 Å². The zero-order chi connectivity index (χ0) is 24.3. The van der Waals surface area contributed by atoms with Crippen molar-refractivity contribution in [2.45, 2.75) is 13.5 Å². The summed E-state index contributed by atoms with van der Waals surface area (Å²) in [5.41, 5.74) is 4.26. The van der Waals surface area contributed by atoms with Crippen LogP contribution in [-0.2, 0) is 21.4 Å². The molecule has 9 heteroatoms. The maximum atomic E-state index is 12.6. The molecule has 0 saturated carbocycles. The van der Waals surface area contributed by atoms with E-state index >= 15 is 0 Å². The molecule has 0 fully saturated rings. The molecule has 0 radical (unpaired) electrons. The number of hydrogen-bond donors (Lipinski definition) is 1. The molecular weight excluding hydrogens is 472 g/mol. The number of anilines is 3. The van der Waals surface area contributed by atoms with Crippen LogP contribution in [0.4, 0.5) is 17.2 Å². The largest absolute Gasteiger partial charge is 0.280 e. The third-order valence-corrected chi connectivity index (χ3v) is 6.92. The summed E-state index contributed by atoms with van der Waals surface area (Å²) in [4.78, 5) is 13.5. The van der Waals surface area contributed by atoms with Crippen LogP contribution in [0.5, 0.6) is 0 Å². The third-order valence-electron chi connectivity index (χ3n) is 5.41. The van der Waals surface area contributed by atoms with Gasteiger partial charge in [0.25, 0.3) is 0 Å². The average Bonchev–Trinajstić information content (AvgIpc) is 3.20. The predicted octanol–water partition coefficient (Wildman–Crippen LogP) is 5.30. The van der Waals surface area contributed by atoms with E-state index in [0.29, 0.717) is 34.2 Å². The smallest absolute Gasteiger partial charge is 0.232 e. The molecule has 4 rings (SSSR count). The summed E-state index contributed by atoms with van der Waals surface area (Å²) in [5.74, 6) is 0.461. The monoisotopic (exact) mass is 494 g/mol. The van der Waals surface area contributed by atoms with Crippen LogP contribution in [0.3, 0.4) is 0 Å². The Hall–Kier alpha value is -3.62. The molecule has 0 spiro atoms. The maximum Gasteiger partial charge on any atom is 0.232 e. The van der Waals surface area contributed by atoms with Gasteiger partial charge >= 0.3 is 0 Å². The van der Waals surface area contributed by atoms with Crippen molar-refractivity contribution in [3.63, 3.8) is 0 Å². The van der Waals surface area contributed by atoms with Crippen LogP contribution in [0.25, 0.3) is 11.1 Å². The number of benzene rings is 3. The van der Waals surface area contributed by atoms with E-state index < -0.39 is 10.0 Å². The highest BCUT2D eigenvalue weighted by Crippen LogP contribution is 2.35. The summed E-state index contributed by atoms with van der Waals surface area (Å²) in [6.07, 6.45) is 1.84. The van der Waals surface area contributed by atoms with Gasteiger partial charge < -0.3 is 0 Å². The fourth-order valence-corrected chi connectivity index (χ4v) is 4.81. The first-order chi connectivity index (χ1) is 16.3. The number of aromatic nitrogens is 2. The minimum absolute atomic E-state index is 0.0893. The lowest BCUT2D eigenvalue weighted by molar-refractivity contribution is -0.106. The summed E-state index contributed by atoms with van der Waals surface area (Å²) in [6.45, 7) is 1.98. The Balaban J connectivity index is 1.69. The standard InChI is InChI=1S/C25H23ClN4O3S/c1-18-24(19-8-4-3-5-9-19)25(28-27-18)29(17-31)21-12-14-22(15-13-21)30(34(2,32)33)16-20-10-6-7-11-23(20)26/h3-15,17H,16H2,1-2H3,(H,27,28). The van der Waals surface area contributed by atoms with Crippen LogP contribution in [0.1, 0.15) is 11.3 Å². The summed E-state index contributed by atoms with van der Waals surface area (Å²) < 4.78 is 26.4. The summed E-state index contributed by atoms with van der Waals surface area (Å²) in [5, 5.41) is 7.79. The van der Waals surface area contributed by atoms with E-state index in [2.05, 4.69) is 10.2 Å². The second-order valence-corrected chi connectivity index (χ2v) is 10.1. The van der Waals surface area contributed by atoms with E-state index in [-0.39, 0.29) is 6.54 Å². The summed E-state index contributed by atoms with van der Waals surface area (Å²) in [6, 6.07) is 23.5. The minimum atomic E-state index is -3.59. The van der Waals surface area contributed by atoms with Crippen molar-refractivity contribution in [1.82, 2.24) is 10.2 Å². The van der Waals surface area contributed by atoms with E-state index in [9.17, 15) is 13.2 Å². The highest BCUT2D eigenvalue weighted by atomic mass is 35.5. The SMILES string of the molecule is Cc1[nH]nc(N(C=O)c2ccc(N(Cc3ccccc3Cl)S(C)(=O)=O)cc2)c1-c1ccccc1. The van der Waals surface area contributed by atoms with Crippen LogP contribution in [-0.4, -0.2) is 31.3 Å². The van der Waals surface area contributed by atoms with Crippen LogP contribution < -0.4 is 9.21 Å². The second kappa shape index (κ2) is 9.70. The Kier molecular flexibility index (Phi) is 6.72. The Morgan fingerprint density at radius 2 is 1.56 bits per heavy atom. The Morgan fingerprint density at radius 1 is 0.941 bits per heavy atom. The minimum Gasteiger partial charge on any atom is -0.280 e. The molecule has 3 aromatic carbocycles. The van der Waals surface area contributed by atoms with Gasteiger partial charge in [0.15, 0.2) is 5.82 Å². The number of halogens is 1. The molecule has 174 valence electrons. The van der Waals surface area contributed by atoms with Crippen molar-refractivity contribution < 1.29 is 13.2 Å². The topological polar surface area (TPSA) is 86.4 Å². The fraction of sp³-hybridized carbons (Fsp3) is 0.120. The van der Waals surface area contributed by atoms with Crippen molar-refractivity contribution in [2.75, 3.05) is 15.5 Å². The molecule has 1 amide bonds. The van der Waals surface area contributed by atoms with Gasteiger partial charge in [0.1, 0.15) is 0 Å². The van der Waals surface area contributed by atoms with Crippen LogP contribution >= 0.6 is 11.6 Å². The third kappa shape index (κ3) is 4.83. The van der Waals surface area contributed by atoms with Crippen molar-refractivity contribution in [3.05, 3.63) is 95.1 Å². The van der Waals surface area contributed by atoms with E-state index in [0.717, 1.165) is 23.1 Å². The first-order valence-electron chi connectivity index (χ1n) is 10.5. The van der Waals surface area contributed by atoms with Crippen molar-refractivity contribution in [3.8, 4) is 11.1 Å². The molecule has 1 heterocycles. The van der Waals surface area contributed by atoms with Gasteiger partial charge in [0.2, 0.25) is 16.4 Å². The average molecular weight is 495 g/mol. The maximum absolute atomic E-state index is 12.6. The number of nitrogens with zero attached hydrogens (tertiary/aromatic N) is 3. The number of nitrogens with one attached hydrogen (secondary N) is 1. The Bertz CT molecular complexity index is 1400. The molecule has 34 heavy (non-hydrogen) atoms. The molecule has 0 bridgehead atoms. The molecule has 0 atom stereocenters. The van der Waals surface area contributed by atoms with Gasteiger partial charge in [-0.05, 0) is 48.4 Å². The number of carbonyl (C=O) groups is 1. The van der Waals surface area contributed by atoms with E-state index in [1.165, 1.54) is 9.21 Å². The molecule has 1 N–H and O–H groups in total. The number of amides is 1. The van der Waals surface area contributed by atoms with Crippen molar-refractivity contribution >= 4 is 45.2 Å². The van der Waals surface area contributed by atoms with E-state index in [4.69, 9.17) is 11.6 Å². The highest BCUT2D eigenvalue weighted by Gasteiger charge is 2.22. The number of H-pyrrole nitrogens is 1. The lowest BCUT2D eigenvalue weighted by Crippen LogP contribution is -2.29. The van der Waals surface area contributed by atoms with Crippen LogP contribution in [0.2, 0.25) is 5.02 Å². The van der Waals surface area contributed by atoms with E-state index in [1.54, 1.807) is 42.5 Å². The highest BCUT2D eigenvalue weighted by molar-refractivity contribution is 7.92. The fourth-order valence-electron chi connectivity index (χ4n) is 3.73. The molecule has 0 aliphatic carbocycles. The molecule has 0 aliphatic heterocycles. The molecule has 4 aromatic rings. The molecule has 0 aliphatic rings. The number of rotatable bonds is 8. The zero-order valence-corrected chi connectivity index (χ0v) is 20.2. The molecular formula is C25H23ClN4O3S. The second-order valence-electron chi connectivity index (χ2n) is 7.77. The number of sulfonamides is 1. The Morgan fingerprint density at radius 3 is 2.18 bits per heavy atom. The van der Waals surface area contributed by atoms with Gasteiger partial charge in [0.05, 0.1) is 24.2 Å². The van der Waals surface area contributed by atoms with Gasteiger partial charge in [-0.2, -0.15) is 5.10 Å². The quantitative estimate of drug-likeness (QED) is 0.337. The number of aryl methyl sites for hydroxylation is 1. The van der Waals surface area contributed by atoms with Crippen LogP contribution in [0.15, 0.2) is 78.9 Å². The molecule has 1 aromatic heterocycles. The number of hydrogen-bond acceptors (Lipinski definition) is 4. The number of carbonyl (C=O) groups excluding carboxylic acids is 1. The van der Waals surface area contributed by atoms with Gasteiger partial charge in [-0.1, -0.05) is 60.1 Å². The van der Waals surface area contributed by atoms with E-state index in [1.807, 2.05) is 43.3 Å². The normalized spacial score (nSPS) is 11.3. The lowest BCUT2D eigenvalue weighted by atomic mass is 10.1. The summed E-state index contributed by atoms with van der Waals surface area (Å²) in [7, 11) is -3.59. The molecule has 0 saturated heterocycles. The molecule has 7 nitrogen and oxygen atoms in total. The lowest BCUT2D eigenvalue weighted by Gasteiger charge is -2.24. The predicted molar refractivity (Wildman–Crippen MR) is 136 cm³/mol. The first-order valence-corrected chi connectivity index (χ1v) is 12.7. The number of aromatic amines is 1. The molecule has 0 unspecified atom stereocenters. The van der Waals surface area contributed by atoms with Crippen molar-refractivity contribution in [2.24, 2.45) is 0 Å². The van der Waals surface area contributed by atoms with Gasteiger partial charge in [-0.15, -0.1) is 0 Å².